The van der Waals surface area contributed by atoms with E-state index in [1.807, 2.05) is 19.1 Å². The highest BCUT2D eigenvalue weighted by Gasteiger charge is 2.04. The lowest BCUT2D eigenvalue weighted by Gasteiger charge is -1.95. The first-order valence-electron chi connectivity index (χ1n) is 3.68. The number of fused-ring (bicyclic) bond motifs is 1. The fraction of sp³-hybridized carbons (Fsp3) is 0.250. The number of nitrogens with zero attached hydrogens (tertiary/aromatic N) is 3. The van der Waals surface area contributed by atoms with Crippen molar-refractivity contribution in [3.63, 3.8) is 0 Å². The van der Waals surface area contributed by atoms with Gasteiger partial charge in [0.05, 0.1) is 0 Å². The van der Waals surface area contributed by atoms with Crippen molar-refractivity contribution < 1.29 is 4.39 Å². The average Bonchev–Trinajstić information content (AvgIpc) is 2.49. The number of pyridine rings is 1. The van der Waals surface area contributed by atoms with Crippen LogP contribution in [0, 0.1) is 6.92 Å². The lowest BCUT2D eigenvalue weighted by atomic mass is 10.3. The maximum absolute atomic E-state index is 12.3. The Balaban J connectivity index is 2.80. The topological polar surface area (TPSA) is 30.2 Å². The molecule has 2 aromatic rings. The molecule has 0 aliphatic rings. The Kier molecular flexibility index (Phi) is 1.53. The van der Waals surface area contributed by atoms with Gasteiger partial charge < -0.3 is 0 Å². The van der Waals surface area contributed by atoms with E-state index in [-0.39, 0.29) is 0 Å². The lowest BCUT2D eigenvalue weighted by Crippen LogP contribution is -1.91. The third-order valence-corrected chi connectivity index (χ3v) is 1.82. The zero-order valence-corrected chi connectivity index (χ0v) is 6.66. The van der Waals surface area contributed by atoms with Crippen LogP contribution in [0.1, 0.15) is 11.4 Å². The zero-order chi connectivity index (χ0) is 8.55. The Morgan fingerprint density at radius 3 is 3.08 bits per heavy atom. The summed E-state index contributed by atoms with van der Waals surface area (Å²) in [6, 6.07) is 3.77. The average molecular weight is 165 g/mol. The standard InChI is InChI=1S/C8H8FN3/c1-6-3-2-4-12-7(5-9)10-11-8(6)12/h2-4H,5H2,1H3. The quantitative estimate of drug-likeness (QED) is 0.641. The molecule has 4 heteroatoms. The van der Waals surface area contributed by atoms with E-state index in [0.29, 0.717) is 5.82 Å². The van der Waals surface area contributed by atoms with E-state index in [4.69, 9.17) is 0 Å². The van der Waals surface area contributed by atoms with E-state index < -0.39 is 6.67 Å². The third-order valence-electron chi connectivity index (χ3n) is 1.82. The number of hydrogen-bond acceptors (Lipinski definition) is 2. The molecule has 2 heterocycles. The molecule has 0 bridgehead atoms. The Bertz CT molecular complexity index is 408. The van der Waals surface area contributed by atoms with E-state index in [2.05, 4.69) is 10.2 Å². The number of alkyl halides is 1. The van der Waals surface area contributed by atoms with Gasteiger partial charge in [-0.05, 0) is 18.6 Å². The fourth-order valence-electron chi connectivity index (χ4n) is 1.19. The second-order valence-corrected chi connectivity index (χ2v) is 2.63. The molecule has 3 nitrogen and oxygen atoms in total. The van der Waals surface area contributed by atoms with Gasteiger partial charge in [-0.25, -0.2) is 4.39 Å². The molecule has 0 aromatic carbocycles. The van der Waals surface area contributed by atoms with Gasteiger partial charge in [-0.2, -0.15) is 0 Å². The van der Waals surface area contributed by atoms with E-state index >= 15 is 0 Å². The van der Waals surface area contributed by atoms with Gasteiger partial charge in [0.2, 0.25) is 0 Å². The lowest BCUT2D eigenvalue weighted by molar-refractivity contribution is 0.462. The van der Waals surface area contributed by atoms with Crippen LogP contribution in [-0.4, -0.2) is 14.6 Å². The Morgan fingerprint density at radius 1 is 1.50 bits per heavy atom. The molecule has 0 aliphatic carbocycles. The number of aryl methyl sites for hydroxylation is 1. The predicted octanol–water partition coefficient (Wildman–Crippen LogP) is 1.51. The summed E-state index contributed by atoms with van der Waals surface area (Å²) in [7, 11) is 0. The van der Waals surface area contributed by atoms with Gasteiger partial charge >= 0.3 is 0 Å². The van der Waals surface area contributed by atoms with E-state index in [9.17, 15) is 4.39 Å². The number of rotatable bonds is 1. The van der Waals surface area contributed by atoms with Crippen molar-refractivity contribution in [1.29, 1.82) is 0 Å². The van der Waals surface area contributed by atoms with Crippen molar-refractivity contribution in [1.82, 2.24) is 14.6 Å². The molecule has 0 N–H and O–H groups in total. The highest BCUT2D eigenvalue weighted by Crippen LogP contribution is 2.08. The molecule has 0 aliphatic heterocycles. The van der Waals surface area contributed by atoms with Crippen molar-refractivity contribution >= 4 is 5.65 Å². The molecular formula is C8H8FN3. The first-order chi connectivity index (χ1) is 5.83. The molecule has 0 unspecified atom stereocenters. The van der Waals surface area contributed by atoms with Crippen LogP contribution in [-0.2, 0) is 6.67 Å². The maximum Gasteiger partial charge on any atom is 0.168 e. The van der Waals surface area contributed by atoms with Crippen LogP contribution in [0.3, 0.4) is 0 Å². The smallest absolute Gasteiger partial charge is 0.168 e. The van der Waals surface area contributed by atoms with E-state index in [1.54, 1.807) is 10.6 Å². The number of aromatic nitrogens is 3. The minimum atomic E-state index is -0.579. The molecule has 62 valence electrons. The van der Waals surface area contributed by atoms with Crippen LogP contribution < -0.4 is 0 Å². The van der Waals surface area contributed by atoms with Gasteiger partial charge in [-0.15, -0.1) is 10.2 Å². The Labute approximate surface area is 68.9 Å². The molecule has 0 spiro atoms. The zero-order valence-electron chi connectivity index (χ0n) is 6.66. The highest BCUT2D eigenvalue weighted by molar-refractivity contribution is 5.46. The van der Waals surface area contributed by atoms with Crippen LogP contribution in [0.5, 0.6) is 0 Å². The summed E-state index contributed by atoms with van der Waals surface area (Å²) in [5.74, 6) is 0.355. The van der Waals surface area contributed by atoms with Crippen LogP contribution in [0.25, 0.3) is 5.65 Å². The third kappa shape index (κ3) is 0.879. The van der Waals surface area contributed by atoms with Crippen LogP contribution >= 0.6 is 0 Å². The molecule has 2 aromatic heterocycles. The number of hydrogen-bond donors (Lipinski definition) is 0. The predicted molar refractivity (Wildman–Crippen MR) is 42.5 cm³/mol. The molecule has 0 radical (unpaired) electrons. The first kappa shape index (κ1) is 7.21. The van der Waals surface area contributed by atoms with Gasteiger partial charge in [0, 0.05) is 6.20 Å². The van der Waals surface area contributed by atoms with Crippen LogP contribution in [0.15, 0.2) is 18.3 Å². The van der Waals surface area contributed by atoms with Gasteiger partial charge in [-0.1, -0.05) is 6.07 Å². The summed E-state index contributed by atoms with van der Waals surface area (Å²) in [6.07, 6.45) is 1.76. The number of halogens is 1. The largest absolute Gasteiger partial charge is 0.284 e. The van der Waals surface area contributed by atoms with Crippen molar-refractivity contribution in [2.75, 3.05) is 0 Å². The molecule has 2 rings (SSSR count). The molecule has 12 heavy (non-hydrogen) atoms. The Hall–Kier alpha value is -1.45. The van der Waals surface area contributed by atoms with Crippen molar-refractivity contribution in [3.05, 3.63) is 29.7 Å². The molecule has 0 fully saturated rings. The minimum Gasteiger partial charge on any atom is -0.284 e. The van der Waals surface area contributed by atoms with Crippen LogP contribution in [0.2, 0.25) is 0 Å². The van der Waals surface area contributed by atoms with Gasteiger partial charge in [0.15, 0.2) is 11.5 Å². The molecule has 0 amide bonds. The van der Waals surface area contributed by atoms with Gasteiger partial charge in [0.1, 0.15) is 6.67 Å². The SMILES string of the molecule is Cc1cccn2c(CF)nnc12. The monoisotopic (exact) mass is 165 g/mol. The van der Waals surface area contributed by atoms with Gasteiger partial charge in [0.25, 0.3) is 0 Å². The summed E-state index contributed by atoms with van der Waals surface area (Å²) in [4.78, 5) is 0. The maximum atomic E-state index is 12.3. The Morgan fingerprint density at radius 2 is 2.33 bits per heavy atom. The minimum absolute atomic E-state index is 0.355. The van der Waals surface area contributed by atoms with E-state index in [1.165, 1.54) is 0 Å². The van der Waals surface area contributed by atoms with Crippen LogP contribution in [0.4, 0.5) is 4.39 Å². The van der Waals surface area contributed by atoms with Crippen molar-refractivity contribution in [2.24, 2.45) is 0 Å². The molecular weight excluding hydrogens is 157 g/mol. The summed E-state index contributed by atoms with van der Waals surface area (Å²) < 4.78 is 14.0. The molecule has 0 saturated carbocycles. The molecule has 0 saturated heterocycles. The fourth-order valence-corrected chi connectivity index (χ4v) is 1.19. The van der Waals surface area contributed by atoms with Gasteiger partial charge in [-0.3, -0.25) is 4.40 Å². The van der Waals surface area contributed by atoms with E-state index in [0.717, 1.165) is 11.2 Å². The summed E-state index contributed by atoms with van der Waals surface area (Å²) in [5.41, 5.74) is 1.73. The summed E-state index contributed by atoms with van der Waals surface area (Å²) in [6.45, 7) is 1.34. The molecule has 0 atom stereocenters. The van der Waals surface area contributed by atoms with Crippen molar-refractivity contribution in [3.8, 4) is 0 Å². The summed E-state index contributed by atoms with van der Waals surface area (Å²) in [5, 5.41) is 7.57. The second-order valence-electron chi connectivity index (χ2n) is 2.63. The normalized spacial score (nSPS) is 10.8. The van der Waals surface area contributed by atoms with Crippen molar-refractivity contribution in [2.45, 2.75) is 13.6 Å². The first-order valence-corrected chi connectivity index (χ1v) is 3.68. The summed E-state index contributed by atoms with van der Waals surface area (Å²) >= 11 is 0. The second kappa shape index (κ2) is 2.55. The highest BCUT2D eigenvalue weighted by atomic mass is 19.1.